The second kappa shape index (κ2) is 6.26. The summed E-state index contributed by atoms with van der Waals surface area (Å²) in [5.41, 5.74) is 1.30. The molecule has 3 aromatic heterocycles. The summed E-state index contributed by atoms with van der Waals surface area (Å²) in [7, 11) is 0. The first-order valence-electron chi connectivity index (χ1n) is 6.84. The van der Waals surface area contributed by atoms with E-state index >= 15 is 0 Å². The molecular weight excluding hydrogens is 282 g/mol. The van der Waals surface area contributed by atoms with E-state index in [2.05, 4.69) is 9.97 Å². The zero-order valence-corrected chi connectivity index (χ0v) is 12.1. The average Bonchev–Trinajstić information content (AvgIpc) is 3.18. The van der Waals surface area contributed by atoms with E-state index in [1.807, 2.05) is 18.2 Å². The maximum Gasteiger partial charge on any atom is 0.276 e. The number of aryl methyl sites for hydroxylation is 1. The molecule has 0 radical (unpaired) electrons. The number of nitrogens with zero attached hydrogens (tertiary/aromatic N) is 3. The van der Waals surface area contributed by atoms with Crippen molar-refractivity contribution < 1.29 is 13.6 Å². The van der Waals surface area contributed by atoms with Gasteiger partial charge in [0.25, 0.3) is 5.91 Å². The van der Waals surface area contributed by atoms with Crippen LogP contribution in [0.15, 0.2) is 58.2 Å². The Hall–Kier alpha value is -2.89. The van der Waals surface area contributed by atoms with Crippen molar-refractivity contribution in [3.8, 4) is 0 Å². The molecule has 112 valence electrons. The first-order valence-corrected chi connectivity index (χ1v) is 6.84. The van der Waals surface area contributed by atoms with Gasteiger partial charge in [0.1, 0.15) is 11.5 Å². The van der Waals surface area contributed by atoms with Gasteiger partial charge in [0, 0.05) is 18.9 Å². The number of hydrogen-bond acceptors (Lipinski definition) is 5. The fraction of sp³-hybridized carbons (Fsp3) is 0.188. The molecule has 0 aromatic carbocycles. The van der Waals surface area contributed by atoms with Crippen LogP contribution in [0.3, 0.4) is 0 Å². The summed E-state index contributed by atoms with van der Waals surface area (Å²) in [6.45, 7) is 2.52. The number of carbonyl (C=O) groups is 1. The Bertz CT molecular complexity index is 735. The lowest BCUT2D eigenvalue weighted by molar-refractivity contribution is 0.0710. The van der Waals surface area contributed by atoms with E-state index in [9.17, 15) is 4.79 Å². The Kier molecular flexibility index (Phi) is 4.00. The summed E-state index contributed by atoms with van der Waals surface area (Å²) in [6, 6.07) is 7.38. The standard InChI is InChI=1S/C16H15N3O3/c1-12-15(18-11-22-12)16(20)19(10-14-3-2-8-21-14)9-13-4-6-17-7-5-13/h2-8,11H,9-10H2,1H3. The molecule has 0 N–H and O–H groups in total. The molecule has 0 saturated heterocycles. The highest BCUT2D eigenvalue weighted by Crippen LogP contribution is 2.15. The van der Waals surface area contributed by atoms with Crippen LogP contribution in [0.5, 0.6) is 0 Å². The number of hydrogen-bond donors (Lipinski definition) is 0. The van der Waals surface area contributed by atoms with Crippen LogP contribution >= 0.6 is 0 Å². The van der Waals surface area contributed by atoms with Crippen molar-refractivity contribution in [1.29, 1.82) is 0 Å². The van der Waals surface area contributed by atoms with Crippen molar-refractivity contribution >= 4 is 5.91 Å². The van der Waals surface area contributed by atoms with Crippen LogP contribution in [0, 0.1) is 6.92 Å². The van der Waals surface area contributed by atoms with Gasteiger partial charge in [0.05, 0.1) is 12.8 Å². The summed E-state index contributed by atoms with van der Waals surface area (Å²) in [5, 5.41) is 0. The molecule has 22 heavy (non-hydrogen) atoms. The van der Waals surface area contributed by atoms with Gasteiger partial charge in [-0.3, -0.25) is 9.78 Å². The summed E-state index contributed by atoms with van der Waals surface area (Å²) in [6.07, 6.45) is 6.27. The van der Waals surface area contributed by atoms with Crippen LogP contribution < -0.4 is 0 Å². The zero-order chi connectivity index (χ0) is 15.4. The molecule has 3 rings (SSSR count). The van der Waals surface area contributed by atoms with E-state index in [1.54, 1.807) is 36.5 Å². The van der Waals surface area contributed by atoms with Gasteiger partial charge in [-0.1, -0.05) is 0 Å². The van der Waals surface area contributed by atoms with Gasteiger partial charge < -0.3 is 13.7 Å². The maximum atomic E-state index is 12.7. The minimum atomic E-state index is -0.195. The van der Waals surface area contributed by atoms with Crippen LogP contribution in [-0.2, 0) is 13.1 Å². The molecule has 3 heterocycles. The lowest BCUT2D eigenvalue weighted by Crippen LogP contribution is -2.30. The molecular formula is C16H15N3O3. The van der Waals surface area contributed by atoms with Crippen LogP contribution in [0.4, 0.5) is 0 Å². The fourth-order valence-corrected chi connectivity index (χ4v) is 2.16. The van der Waals surface area contributed by atoms with E-state index in [1.165, 1.54) is 6.39 Å². The molecule has 0 unspecified atom stereocenters. The van der Waals surface area contributed by atoms with Gasteiger partial charge in [0.2, 0.25) is 0 Å². The van der Waals surface area contributed by atoms with Gasteiger partial charge in [0.15, 0.2) is 12.1 Å². The topological polar surface area (TPSA) is 72.4 Å². The van der Waals surface area contributed by atoms with Crippen LogP contribution in [0.2, 0.25) is 0 Å². The summed E-state index contributed by atoms with van der Waals surface area (Å²) in [4.78, 5) is 22.4. The van der Waals surface area contributed by atoms with Crippen LogP contribution in [0.25, 0.3) is 0 Å². The molecule has 0 spiro atoms. The van der Waals surface area contributed by atoms with Crippen molar-refractivity contribution in [2.45, 2.75) is 20.0 Å². The van der Waals surface area contributed by atoms with Gasteiger partial charge in [-0.2, -0.15) is 0 Å². The molecule has 0 atom stereocenters. The van der Waals surface area contributed by atoms with Gasteiger partial charge in [-0.15, -0.1) is 0 Å². The third-order valence-electron chi connectivity index (χ3n) is 3.28. The Morgan fingerprint density at radius 1 is 1.18 bits per heavy atom. The molecule has 3 aromatic rings. The second-order valence-corrected chi connectivity index (χ2v) is 4.85. The largest absolute Gasteiger partial charge is 0.467 e. The smallest absolute Gasteiger partial charge is 0.276 e. The lowest BCUT2D eigenvalue weighted by atomic mass is 10.2. The van der Waals surface area contributed by atoms with Crippen molar-refractivity contribution in [3.63, 3.8) is 0 Å². The Morgan fingerprint density at radius 3 is 2.64 bits per heavy atom. The third kappa shape index (κ3) is 3.06. The van der Waals surface area contributed by atoms with Crippen LogP contribution in [-0.4, -0.2) is 20.8 Å². The van der Waals surface area contributed by atoms with Crippen molar-refractivity contribution in [3.05, 3.63) is 72.1 Å². The number of aromatic nitrogens is 2. The fourth-order valence-electron chi connectivity index (χ4n) is 2.16. The number of pyridine rings is 1. The normalized spacial score (nSPS) is 10.6. The molecule has 0 saturated carbocycles. The molecule has 0 fully saturated rings. The summed E-state index contributed by atoms with van der Waals surface area (Å²) >= 11 is 0. The third-order valence-corrected chi connectivity index (χ3v) is 3.28. The van der Waals surface area contributed by atoms with E-state index < -0.39 is 0 Å². The predicted molar refractivity (Wildman–Crippen MR) is 77.8 cm³/mol. The number of rotatable bonds is 5. The summed E-state index contributed by atoms with van der Waals surface area (Å²) in [5.74, 6) is 1.02. The molecule has 0 aliphatic rings. The molecule has 0 aliphatic heterocycles. The number of furan rings is 1. The van der Waals surface area contributed by atoms with Gasteiger partial charge >= 0.3 is 0 Å². The van der Waals surface area contributed by atoms with Crippen molar-refractivity contribution in [2.75, 3.05) is 0 Å². The zero-order valence-electron chi connectivity index (χ0n) is 12.1. The average molecular weight is 297 g/mol. The SMILES string of the molecule is Cc1ocnc1C(=O)N(Cc1ccncc1)Cc1ccco1. The number of carbonyl (C=O) groups excluding carboxylic acids is 1. The van der Waals surface area contributed by atoms with Crippen LogP contribution in [0.1, 0.15) is 27.6 Å². The minimum absolute atomic E-state index is 0.195. The number of oxazole rings is 1. The van der Waals surface area contributed by atoms with Crippen molar-refractivity contribution in [2.24, 2.45) is 0 Å². The molecule has 6 nitrogen and oxygen atoms in total. The quantitative estimate of drug-likeness (QED) is 0.724. The highest BCUT2D eigenvalue weighted by atomic mass is 16.3. The first-order chi connectivity index (χ1) is 10.7. The van der Waals surface area contributed by atoms with E-state index in [-0.39, 0.29) is 5.91 Å². The maximum absolute atomic E-state index is 12.7. The van der Waals surface area contributed by atoms with E-state index in [0.29, 0.717) is 30.3 Å². The van der Waals surface area contributed by atoms with E-state index in [4.69, 9.17) is 8.83 Å². The van der Waals surface area contributed by atoms with Gasteiger partial charge in [-0.25, -0.2) is 4.98 Å². The molecule has 0 aliphatic carbocycles. The lowest BCUT2D eigenvalue weighted by Gasteiger charge is -2.21. The summed E-state index contributed by atoms with van der Waals surface area (Å²) < 4.78 is 10.5. The Morgan fingerprint density at radius 2 is 2.00 bits per heavy atom. The molecule has 0 bridgehead atoms. The highest BCUT2D eigenvalue weighted by molar-refractivity contribution is 5.93. The van der Waals surface area contributed by atoms with E-state index in [0.717, 1.165) is 5.56 Å². The Labute approximate surface area is 127 Å². The van der Waals surface area contributed by atoms with Gasteiger partial charge in [-0.05, 0) is 36.8 Å². The van der Waals surface area contributed by atoms with Crippen molar-refractivity contribution in [1.82, 2.24) is 14.9 Å². The molecule has 6 heteroatoms. The number of amides is 1. The highest BCUT2D eigenvalue weighted by Gasteiger charge is 2.22. The molecule has 1 amide bonds. The first kappa shape index (κ1) is 14.1. The Balaban J connectivity index is 1.85. The minimum Gasteiger partial charge on any atom is -0.467 e. The monoisotopic (exact) mass is 297 g/mol. The second-order valence-electron chi connectivity index (χ2n) is 4.85. The predicted octanol–water partition coefficient (Wildman–Crippen LogP) is 2.81.